The van der Waals surface area contributed by atoms with Crippen LogP contribution in [0.5, 0.6) is 5.75 Å². The van der Waals surface area contributed by atoms with Gasteiger partial charge in [-0.3, -0.25) is 0 Å². The molecule has 2 rings (SSSR count). The van der Waals surface area contributed by atoms with Gasteiger partial charge < -0.3 is 19.2 Å². The normalized spacial score (nSPS) is 10.9. The summed E-state index contributed by atoms with van der Waals surface area (Å²) in [6, 6.07) is 5.21. The largest absolute Gasteiger partial charge is 0.495 e. The number of ether oxygens (including phenoxy) is 3. The van der Waals surface area contributed by atoms with E-state index in [-0.39, 0.29) is 0 Å². The van der Waals surface area contributed by atoms with Crippen LogP contribution in [0.1, 0.15) is 23.0 Å². The van der Waals surface area contributed by atoms with Gasteiger partial charge in [0.05, 0.1) is 26.3 Å². The Morgan fingerprint density at radius 1 is 1.27 bits per heavy atom. The number of aromatic amines is 1. The van der Waals surface area contributed by atoms with Gasteiger partial charge in [-0.25, -0.2) is 9.59 Å². The van der Waals surface area contributed by atoms with Crippen LogP contribution in [0.3, 0.4) is 0 Å². The second-order valence-corrected chi connectivity index (χ2v) is 4.41. The topological polar surface area (TPSA) is 77.6 Å². The molecule has 1 aromatic heterocycles. The Hall–Kier alpha value is -2.76. The number of rotatable bonds is 5. The zero-order valence-electron chi connectivity index (χ0n) is 12.6. The standard InChI is InChI=1S/C16H17NO5/c1-4-22-14(18)8-6-10-5-7-13(20-2)15-11(10)9-12(17-15)16(19)21-3/h5-9,17H,4H2,1-3H3/b8-6+. The molecule has 0 atom stereocenters. The van der Waals surface area contributed by atoms with Crippen molar-refractivity contribution in [3.05, 3.63) is 35.5 Å². The molecule has 6 heteroatoms. The van der Waals surface area contributed by atoms with Crippen molar-refractivity contribution in [2.45, 2.75) is 6.92 Å². The molecule has 0 aliphatic heterocycles. The Morgan fingerprint density at radius 2 is 2.05 bits per heavy atom. The summed E-state index contributed by atoms with van der Waals surface area (Å²) < 4.78 is 14.8. The van der Waals surface area contributed by atoms with Gasteiger partial charge in [-0.15, -0.1) is 0 Å². The van der Waals surface area contributed by atoms with Gasteiger partial charge in [0.15, 0.2) is 0 Å². The van der Waals surface area contributed by atoms with Crippen molar-refractivity contribution in [2.24, 2.45) is 0 Å². The van der Waals surface area contributed by atoms with Crippen molar-refractivity contribution in [3.8, 4) is 5.75 Å². The molecule has 0 fully saturated rings. The first-order valence-corrected chi connectivity index (χ1v) is 6.73. The molecule has 0 bridgehead atoms. The predicted molar refractivity (Wildman–Crippen MR) is 81.9 cm³/mol. The van der Waals surface area contributed by atoms with Crippen molar-refractivity contribution < 1.29 is 23.8 Å². The number of esters is 2. The van der Waals surface area contributed by atoms with Crippen molar-refractivity contribution >= 4 is 28.9 Å². The monoisotopic (exact) mass is 303 g/mol. The van der Waals surface area contributed by atoms with Crippen molar-refractivity contribution in [1.82, 2.24) is 4.98 Å². The number of carbonyl (C=O) groups excluding carboxylic acids is 2. The highest BCUT2D eigenvalue weighted by Gasteiger charge is 2.14. The summed E-state index contributed by atoms with van der Waals surface area (Å²) in [7, 11) is 2.86. The highest BCUT2D eigenvalue weighted by molar-refractivity contribution is 6.01. The van der Waals surface area contributed by atoms with E-state index in [9.17, 15) is 9.59 Å². The molecule has 1 heterocycles. The third kappa shape index (κ3) is 3.11. The van der Waals surface area contributed by atoms with Crippen LogP contribution in [0.15, 0.2) is 24.3 Å². The molecule has 2 aromatic rings. The van der Waals surface area contributed by atoms with Crippen LogP contribution in [-0.2, 0) is 14.3 Å². The zero-order valence-corrected chi connectivity index (χ0v) is 12.6. The van der Waals surface area contributed by atoms with Gasteiger partial charge in [0.25, 0.3) is 0 Å². The number of methoxy groups -OCH3 is 2. The van der Waals surface area contributed by atoms with E-state index in [1.807, 2.05) is 0 Å². The Balaban J connectivity index is 2.49. The minimum atomic E-state index is -0.474. The Bertz CT molecular complexity index is 729. The summed E-state index contributed by atoms with van der Waals surface area (Å²) in [5, 5.41) is 0.750. The lowest BCUT2D eigenvalue weighted by molar-refractivity contribution is -0.137. The molecule has 0 radical (unpaired) electrons. The molecule has 0 saturated carbocycles. The van der Waals surface area contributed by atoms with Crippen molar-refractivity contribution in [3.63, 3.8) is 0 Å². The third-order valence-corrected chi connectivity index (χ3v) is 3.10. The van der Waals surface area contributed by atoms with E-state index in [1.165, 1.54) is 13.2 Å². The van der Waals surface area contributed by atoms with Gasteiger partial charge >= 0.3 is 11.9 Å². The number of hydrogen-bond acceptors (Lipinski definition) is 5. The van der Waals surface area contributed by atoms with Crippen LogP contribution in [0.25, 0.3) is 17.0 Å². The fourth-order valence-electron chi connectivity index (χ4n) is 2.10. The lowest BCUT2D eigenvalue weighted by atomic mass is 10.1. The summed E-state index contributed by atoms with van der Waals surface area (Å²) >= 11 is 0. The first-order chi connectivity index (χ1) is 10.6. The highest BCUT2D eigenvalue weighted by Crippen LogP contribution is 2.29. The van der Waals surface area contributed by atoms with Crippen LogP contribution >= 0.6 is 0 Å². The second-order valence-electron chi connectivity index (χ2n) is 4.41. The maximum absolute atomic E-state index is 11.7. The van der Waals surface area contributed by atoms with Crippen LogP contribution in [0.4, 0.5) is 0 Å². The van der Waals surface area contributed by atoms with E-state index in [4.69, 9.17) is 14.2 Å². The van der Waals surface area contributed by atoms with Gasteiger partial charge in [-0.05, 0) is 30.7 Å². The molecule has 0 spiro atoms. The number of carbonyl (C=O) groups is 2. The fraction of sp³-hybridized carbons (Fsp3) is 0.250. The maximum Gasteiger partial charge on any atom is 0.354 e. The van der Waals surface area contributed by atoms with Crippen molar-refractivity contribution in [1.29, 1.82) is 0 Å². The Morgan fingerprint density at radius 3 is 2.68 bits per heavy atom. The number of nitrogens with one attached hydrogen (secondary N) is 1. The molecule has 0 amide bonds. The zero-order chi connectivity index (χ0) is 16.1. The van der Waals surface area contributed by atoms with Gasteiger partial charge in [0.1, 0.15) is 11.4 Å². The maximum atomic E-state index is 11.7. The quantitative estimate of drug-likeness (QED) is 0.678. The van der Waals surface area contributed by atoms with E-state index in [0.29, 0.717) is 23.6 Å². The summed E-state index contributed by atoms with van der Waals surface area (Å²) in [6.07, 6.45) is 2.98. The van der Waals surface area contributed by atoms with Crippen molar-refractivity contribution in [2.75, 3.05) is 20.8 Å². The number of fused-ring (bicyclic) bond motifs is 1. The van der Waals surface area contributed by atoms with Crippen LogP contribution < -0.4 is 4.74 Å². The summed E-state index contributed by atoms with van der Waals surface area (Å²) in [6.45, 7) is 2.06. The van der Waals surface area contributed by atoms with Crippen LogP contribution in [0, 0.1) is 0 Å². The summed E-state index contributed by atoms with van der Waals surface area (Å²) in [5.41, 5.74) is 1.73. The average Bonchev–Trinajstić information content (AvgIpc) is 2.97. The van der Waals surface area contributed by atoms with E-state index in [2.05, 4.69) is 4.98 Å². The smallest absolute Gasteiger partial charge is 0.354 e. The summed E-state index contributed by atoms with van der Waals surface area (Å²) in [5.74, 6) is -0.299. The number of H-pyrrole nitrogens is 1. The molecule has 0 unspecified atom stereocenters. The van der Waals surface area contributed by atoms with E-state index >= 15 is 0 Å². The van der Waals surface area contributed by atoms with Gasteiger partial charge in [-0.2, -0.15) is 0 Å². The van der Waals surface area contributed by atoms with Gasteiger partial charge in [0.2, 0.25) is 0 Å². The predicted octanol–water partition coefficient (Wildman–Crippen LogP) is 2.54. The molecular weight excluding hydrogens is 286 g/mol. The minimum absolute atomic E-state index is 0.313. The molecule has 22 heavy (non-hydrogen) atoms. The first-order valence-electron chi connectivity index (χ1n) is 6.73. The Kier molecular flexibility index (Phi) is 4.83. The van der Waals surface area contributed by atoms with Crippen LogP contribution in [0.2, 0.25) is 0 Å². The molecule has 0 aliphatic rings. The number of hydrogen-bond donors (Lipinski definition) is 1. The van der Waals surface area contributed by atoms with E-state index in [0.717, 1.165) is 10.9 Å². The fourth-order valence-corrected chi connectivity index (χ4v) is 2.10. The molecule has 0 aliphatic carbocycles. The molecule has 1 aromatic carbocycles. The Labute approximate surface area is 127 Å². The first kappa shape index (κ1) is 15.6. The second kappa shape index (κ2) is 6.80. The third-order valence-electron chi connectivity index (χ3n) is 3.10. The molecule has 0 saturated heterocycles. The highest BCUT2D eigenvalue weighted by atomic mass is 16.5. The summed E-state index contributed by atoms with van der Waals surface area (Å²) in [4.78, 5) is 26.0. The van der Waals surface area contributed by atoms with Gasteiger partial charge in [-0.1, -0.05) is 6.07 Å². The average molecular weight is 303 g/mol. The van der Waals surface area contributed by atoms with E-state index in [1.54, 1.807) is 38.3 Å². The minimum Gasteiger partial charge on any atom is -0.495 e. The molecular formula is C16H17NO5. The number of aromatic nitrogens is 1. The number of benzene rings is 1. The lowest BCUT2D eigenvalue weighted by Gasteiger charge is -2.04. The van der Waals surface area contributed by atoms with E-state index < -0.39 is 11.9 Å². The SMILES string of the molecule is CCOC(=O)/C=C/c1ccc(OC)c2[nH]c(C(=O)OC)cc12. The molecule has 116 valence electrons. The van der Waals surface area contributed by atoms with Gasteiger partial charge in [0, 0.05) is 11.5 Å². The molecule has 1 N–H and O–H groups in total. The lowest BCUT2D eigenvalue weighted by Crippen LogP contribution is -2.00. The molecule has 6 nitrogen and oxygen atoms in total. The van der Waals surface area contributed by atoms with Crippen LogP contribution in [-0.4, -0.2) is 37.7 Å².